The number of hydrogen-bond acceptors (Lipinski definition) is 5. The number of hydrazine groups is 1. The van der Waals surface area contributed by atoms with Gasteiger partial charge in [0, 0.05) is 26.7 Å². The summed E-state index contributed by atoms with van der Waals surface area (Å²) < 4.78 is 15.7. The molecule has 17 heavy (non-hydrogen) atoms. The predicted molar refractivity (Wildman–Crippen MR) is 64.3 cm³/mol. The third-order valence-electron chi connectivity index (χ3n) is 2.21. The van der Waals surface area contributed by atoms with Crippen LogP contribution in [0.4, 0.5) is 0 Å². The maximum atomic E-state index is 10.9. The van der Waals surface area contributed by atoms with Crippen molar-refractivity contribution in [2.24, 2.45) is 5.84 Å². The molecule has 1 unspecified atom stereocenters. The SMILES string of the molecule is COCCCOCCOC(C)CCC(=O)NN. The molecule has 0 saturated heterocycles. The summed E-state index contributed by atoms with van der Waals surface area (Å²) in [5.74, 6) is 4.80. The number of methoxy groups -OCH3 is 1. The highest BCUT2D eigenvalue weighted by Crippen LogP contribution is 2.01. The zero-order chi connectivity index (χ0) is 12.9. The Kier molecular flexibility index (Phi) is 11.3. The molecule has 1 amide bonds. The Morgan fingerprint density at radius 1 is 1.29 bits per heavy atom. The van der Waals surface area contributed by atoms with Crippen molar-refractivity contribution in [2.75, 3.05) is 33.5 Å². The van der Waals surface area contributed by atoms with Gasteiger partial charge in [-0.25, -0.2) is 5.84 Å². The second-order valence-corrected chi connectivity index (χ2v) is 3.75. The smallest absolute Gasteiger partial charge is 0.233 e. The van der Waals surface area contributed by atoms with Crippen LogP contribution < -0.4 is 11.3 Å². The average molecular weight is 248 g/mol. The van der Waals surface area contributed by atoms with Crippen LogP contribution in [-0.2, 0) is 19.0 Å². The van der Waals surface area contributed by atoms with Gasteiger partial charge in [-0.2, -0.15) is 0 Å². The van der Waals surface area contributed by atoms with Crippen LogP contribution in [0.25, 0.3) is 0 Å². The van der Waals surface area contributed by atoms with E-state index in [0.717, 1.165) is 6.42 Å². The second-order valence-electron chi connectivity index (χ2n) is 3.75. The Balaban J connectivity index is 3.21. The fraction of sp³-hybridized carbons (Fsp3) is 0.909. The summed E-state index contributed by atoms with van der Waals surface area (Å²) in [5.41, 5.74) is 2.09. The van der Waals surface area contributed by atoms with Gasteiger partial charge in [0.2, 0.25) is 5.91 Å². The molecule has 1 atom stereocenters. The zero-order valence-electron chi connectivity index (χ0n) is 10.7. The van der Waals surface area contributed by atoms with Crippen molar-refractivity contribution in [2.45, 2.75) is 32.3 Å². The Hall–Kier alpha value is -0.690. The van der Waals surface area contributed by atoms with E-state index >= 15 is 0 Å². The number of ether oxygens (including phenoxy) is 3. The van der Waals surface area contributed by atoms with Gasteiger partial charge in [-0.3, -0.25) is 10.2 Å². The molecule has 0 aliphatic heterocycles. The van der Waals surface area contributed by atoms with E-state index in [4.69, 9.17) is 20.1 Å². The largest absolute Gasteiger partial charge is 0.385 e. The van der Waals surface area contributed by atoms with Gasteiger partial charge < -0.3 is 14.2 Å². The van der Waals surface area contributed by atoms with Crippen molar-refractivity contribution in [3.05, 3.63) is 0 Å². The minimum Gasteiger partial charge on any atom is -0.385 e. The highest BCUT2D eigenvalue weighted by atomic mass is 16.5. The summed E-state index contributed by atoms with van der Waals surface area (Å²) >= 11 is 0. The van der Waals surface area contributed by atoms with Crippen LogP contribution in [0.3, 0.4) is 0 Å². The maximum Gasteiger partial charge on any atom is 0.233 e. The molecular formula is C11H24N2O4. The fourth-order valence-corrected chi connectivity index (χ4v) is 1.21. The molecule has 0 bridgehead atoms. The maximum absolute atomic E-state index is 10.9. The topological polar surface area (TPSA) is 82.8 Å². The molecule has 0 saturated carbocycles. The molecule has 0 radical (unpaired) electrons. The van der Waals surface area contributed by atoms with Crippen LogP contribution in [-0.4, -0.2) is 45.5 Å². The number of hydrogen-bond donors (Lipinski definition) is 2. The number of rotatable bonds is 11. The van der Waals surface area contributed by atoms with Crippen molar-refractivity contribution in [3.63, 3.8) is 0 Å². The highest BCUT2D eigenvalue weighted by Gasteiger charge is 2.05. The molecule has 0 heterocycles. The van der Waals surface area contributed by atoms with Crippen molar-refractivity contribution in [1.29, 1.82) is 0 Å². The summed E-state index contributed by atoms with van der Waals surface area (Å²) in [7, 11) is 1.67. The number of nitrogens with two attached hydrogens (primary N) is 1. The van der Waals surface area contributed by atoms with Gasteiger partial charge in [0.15, 0.2) is 0 Å². The summed E-state index contributed by atoms with van der Waals surface area (Å²) in [6.07, 6.45) is 1.97. The lowest BCUT2D eigenvalue weighted by Gasteiger charge is -2.12. The number of carbonyl (C=O) groups excluding carboxylic acids is 1. The Bertz CT molecular complexity index is 190. The summed E-state index contributed by atoms with van der Waals surface area (Å²) in [5, 5.41) is 0. The van der Waals surface area contributed by atoms with E-state index in [-0.39, 0.29) is 12.0 Å². The van der Waals surface area contributed by atoms with E-state index in [1.807, 2.05) is 6.92 Å². The Morgan fingerprint density at radius 3 is 2.71 bits per heavy atom. The normalized spacial score (nSPS) is 12.4. The average Bonchev–Trinajstić information content (AvgIpc) is 2.34. The summed E-state index contributed by atoms with van der Waals surface area (Å²) in [4.78, 5) is 10.9. The Labute approximate surface area is 103 Å². The molecule has 102 valence electrons. The molecule has 6 heteroatoms. The van der Waals surface area contributed by atoms with Crippen LogP contribution >= 0.6 is 0 Å². The van der Waals surface area contributed by atoms with Gasteiger partial charge in [0.1, 0.15) is 0 Å². The first-order valence-corrected chi connectivity index (χ1v) is 5.88. The molecule has 6 nitrogen and oxygen atoms in total. The molecular weight excluding hydrogens is 224 g/mol. The first-order valence-electron chi connectivity index (χ1n) is 5.88. The molecule has 0 rings (SSSR count). The highest BCUT2D eigenvalue weighted by molar-refractivity contribution is 5.75. The monoisotopic (exact) mass is 248 g/mol. The number of amides is 1. The van der Waals surface area contributed by atoms with E-state index in [2.05, 4.69) is 5.43 Å². The molecule has 3 N–H and O–H groups in total. The lowest BCUT2D eigenvalue weighted by Crippen LogP contribution is -2.30. The second kappa shape index (κ2) is 11.8. The van der Waals surface area contributed by atoms with Gasteiger partial charge in [0.05, 0.1) is 19.3 Å². The van der Waals surface area contributed by atoms with Crippen molar-refractivity contribution in [1.82, 2.24) is 5.43 Å². The lowest BCUT2D eigenvalue weighted by molar-refractivity contribution is -0.121. The molecule has 0 aromatic carbocycles. The predicted octanol–water partition coefficient (Wildman–Crippen LogP) is 0.215. The molecule has 0 aliphatic rings. The third-order valence-corrected chi connectivity index (χ3v) is 2.21. The van der Waals surface area contributed by atoms with Crippen LogP contribution in [0.2, 0.25) is 0 Å². The standard InChI is InChI=1S/C11H24N2O4/c1-10(4-5-11(14)13-12)17-9-8-16-7-3-6-15-2/h10H,3-9,12H2,1-2H3,(H,13,14). The minimum absolute atomic E-state index is 0.0369. The third kappa shape index (κ3) is 11.6. The number of carbonyl (C=O) groups is 1. The van der Waals surface area contributed by atoms with E-state index in [1.165, 1.54) is 0 Å². The van der Waals surface area contributed by atoms with E-state index in [0.29, 0.717) is 39.3 Å². The lowest BCUT2D eigenvalue weighted by atomic mass is 10.2. The summed E-state index contributed by atoms with van der Waals surface area (Å²) in [6.45, 7) is 4.43. The minimum atomic E-state index is -0.170. The molecule has 0 aromatic rings. The van der Waals surface area contributed by atoms with E-state index in [9.17, 15) is 4.79 Å². The number of nitrogens with one attached hydrogen (secondary N) is 1. The quantitative estimate of drug-likeness (QED) is 0.236. The van der Waals surface area contributed by atoms with Gasteiger partial charge in [-0.1, -0.05) is 0 Å². The van der Waals surface area contributed by atoms with Gasteiger partial charge in [-0.15, -0.1) is 0 Å². The molecule has 0 aliphatic carbocycles. The van der Waals surface area contributed by atoms with Gasteiger partial charge in [0.25, 0.3) is 0 Å². The van der Waals surface area contributed by atoms with Gasteiger partial charge in [-0.05, 0) is 19.8 Å². The fourth-order valence-electron chi connectivity index (χ4n) is 1.21. The van der Waals surface area contributed by atoms with E-state index < -0.39 is 0 Å². The zero-order valence-corrected chi connectivity index (χ0v) is 10.7. The van der Waals surface area contributed by atoms with Crippen LogP contribution in [0.5, 0.6) is 0 Å². The molecule has 0 aromatic heterocycles. The van der Waals surface area contributed by atoms with Crippen LogP contribution in [0, 0.1) is 0 Å². The van der Waals surface area contributed by atoms with Crippen molar-refractivity contribution in [3.8, 4) is 0 Å². The first-order chi connectivity index (χ1) is 8.20. The molecule has 0 spiro atoms. The van der Waals surface area contributed by atoms with Crippen LogP contribution in [0.1, 0.15) is 26.2 Å². The molecule has 0 fully saturated rings. The van der Waals surface area contributed by atoms with Crippen molar-refractivity contribution < 1.29 is 19.0 Å². The summed E-state index contributed by atoms with van der Waals surface area (Å²) in [6, 6.07) is 0. The first kappa shape index (κ1) is 16.3. The van der Waals surface area contributed by atoms with Crippen LogP contribution in [0.15, 0.2) is 0 Å². The van der Waals surface area contributed by atoms with Crippen molar-refractivity contribution >= 4 is 5.91 Å². The van der Waals surface area contributed by atoms with Gasteiger partial charge >= 0.3 is 0 Å². The Morgan fingerprint density at radius 2 is 2.06 bits per heavy atom. The van der Waals surface area contributed by atoms with E-state index in [1.54, 1.807) is 7.11 Å².